The van der Waals surface area contributed by atoms with Crippen LogP contribution in [0.2, 0.25) is 0 Å². The molecule has 2 aromatic heterocycles. The first-order valence-corrected chi connectivity index (χ1v) is 6.86. The minimum absolute atomic E-state index is 0.320. The average molecular weight is 268 g/mol. The Hall–Kier alpha value is -1.69. The summed E-state index contributed by atoms with van der Waals surface area (Å²) in [5.41, 5.74) is 0.914. The lowest BCUT2D eigenvalue weighted by Crippen LogP contribution is -2.41. The molecule has 0 amide bonds. The van der Waals surface area contributed by atoms with Gasteiger partial charge in [0.2, 0.25) is 0 Å². The zero-order valence-corrected chi connectivity index (χ0v) is 10.6. The Morgan fingerprint density at radius 2 is 1.78 bits per heavy atom. The molecule has 0 saturated carbocycles. The second-order valence-corrected chi connectivity index (χ2v) is 5.02. The van der Waals surface area contributed by atoms with E-state index in [9.17, 15) is 14.4 Å². The van der Waals surface area contributed by atoms with Gasteiger partial charge in [0.25, 0.3) is 5.69 Å². The topological polar surface area (TPSA) is 91.1 Å². The van der Waals surface area contributed by atoms with E-state index in [2.05, 4.69) is 9.97 Å². The molecule has 94 valence electrons. The fraction of sp³-hybridized carbons (Fsp3) is 0.200. The molecule has 2 heterocycles. The minimum Gasteiger partial charge on any atom is -0.271 e. The van der Waals surface area contributed by atoms with Crippen LogP contribution in [0.3, 0.4) is 0 Å². The quantitative estimate of drug-likeness (QED) is 0.588. The second kappa shape index (κ2) is 4.89. The second-order valence-electron chi connectivity index (χ2n) is 3.57. The van der Waals surface area contributed by atoms with Crippen molar-refractivity contribution in [2.45, 2.75) is 13.5 Å². The zero-order chi connectivity index (χ0) is 13.2. The standard InChI is InChI=1S/C10H11N4O3P/c1-2-13-5-3-11-7-9(13)10-8-12-4-6-14(10)18(15,16)17/h3-8H,2H2,1H3/p+2. The van der Waals surface area contributed by atoms with Crippen molar-refractivity contribution in [3.05, 3.63) is 37.2 Å². The lowest BCUT2D eigenvalue weighted by Gasteiger charge is -2.02. The van der Waals surface area contributed by atoms with Crippen molar-refractivity contribution in [2.75, 3.05) is 0 Å². The van der Waals surface area contributed by atoms with Gasteiger partial charge in [0, 0.05) is 0 Å². The maximum Gasteiger partial charge on any atom is 0.608 e. The van der Waals surface area contributed by atoms with E-state index < -0.39 is 7.75 Å². The predicted octanol–water partition coefficient (Wildman–Crippen LogP) is -0.321. The third-order valence-corrected chi connectivity index (χ3v) is 3.37. The van der Waals surface area contributed by atoms with Crippen LogP contribution in [0.25, 0.3) is 11.4 Å². The van der Waals surface area contributed by atoms with Gasteiger partial charge < -0.3 is 0 Å². The Kier molecular flexibility index (Phi) is 3.47. The molecule has 8 heteroatoms. The van der Waals surface area contributed by atoms with Crippen molar-refractivity contribution in [2.24, 2.45) is 0 Å². The van der Waals surface area contributed by atoms with Gasteiger partial charge in [0.05, 0.1) is 12.4 Å². The molecule has 0 radical (unpaired) electrons. The van der Waals surface area contributed by atoms with Crippen LogP contribution in [-0.2, 0) is 11.1 Å². The van der Waals surface area contributed by atoms with E-state index in [1.807, 2.05) is 11.5 Å². The van der Waals surface area contributed by atoms with Crippen LogP contribution in [0.15, 0.2) is 37.2 Å². The zero-order valence-electron chi connectivity index (χ0n) is 9.71. The number of aromatic nitrogens is 4. The molecule has 2 rings (SSSR count). The summed E-state index contributed by atoms with van der Waals surface area (Å²) >= 11 is 0. The lowest BCUT2D eigenvalue weighted by molar-refractivity contribution is -0.688. The molecule has 2 N–H and O–H groups in total. The van der Waals surface area contributed by atoms with Gasteiger partial charge in [-0.05, 0) is 6.92 Å². The molecule has 0 aliphatic heterocycles. The van der Waals surface area contributed by atoms with Gasteiger partial charge in [0.1, 0.15) is 18.9 Å². The molecule has 0 aliphatic carbocycles. The Morgan fingerprint density at radius 1 is 1.17 bits per heavy atom. The summed E-state index contributed by atoms with van der Waals surface area (Å²) in [6.45, 7) is 2.59. The number of nitrogens with zero attached hydrogens (tertiary/aromatic N) is 4. The Morgan fingerprint density at radius 3 is 2.39 bits per heavy atom. The molecular formula is C10H13N4O3P+2. The van der Waals surface area contributed by atoms with E-state index in [0.717, 1.165) is 4.34 Å². The van der Waals surface area contributed by atoms with E-state index in [1.54, 1.807) is 18.6 Å². The summed E-state index contributed by atoms with van der Waals surface area (Å²) in [5.74, 6) is 0. The molecule has 0 spiro atoms. The SMILES string of the molecule is CC[n+]1ccncc1-c1cncc[n+]1P(=O)(O)O. The first kappa shape index (κ1) is 12.8. The number of rotatable bonds is 3. The average Bonchev–Trinajstić information content (AvgIpc) is 2.37. The van der Waals surface area contributed by atoms with Crippen molar-refractivity contribution >= 4 is 7.75 Å². The molecule has 18 heavy (non-hydrogen) atoms. The predicted molar refractivity (Wildman–Crippen MR) is 61.0 cm³/mol. The molecule has 0 unspecified atom stereocenters. The first-order valence-electron chi connectivity index (χ1n) is 5.30. The van der Waals surface area contributed by atoms with Crippen molar-refractivity contribution in [3.63, 3.8) is 0 Å². The molecule has 0 fully saturated rings. The highest BCUT2D eigenvalue weighted by Crippen LogP contribution is 2.29. The Labute approximate surface area is 104 Å². The molecule has 7 nitrogen and oxygen atoms in total. The number of hydrogen-bond donors (Lipinski definition) is 2. The smallest absolute Gasteiger partial charge is 0.271 e. The molecule has 0 saturated heterocycles. The molecular weight excluding hydrogens is 255 g/mol. The van der Waals surface area contributed by atoms with E-state index in [4.69, 9.17) is 0 Å². The van der Waals surface area contributed by atoms with Crippen molar-refractivity contribution in [3.8, 4) is 11.4 Å². The maximum atomic E-state index is 11.4. The van der Waals surface area contributed by atoms with Gasteiger partial charge in [0.15, 0.2) is 12.4 Å². The van der Waals surface area contributed by atoms with Crippen LogP contribution in [0.1, 0.15) is 6.92 Å². The summed E-state index contributed by atoms with van der Waals surface area (Å²) in [7, 11) is -4.42. The highest BCUT2D eigenvalue weighted by Gasteiger charge is 2.35. The highest BCUT2D eigenvalue weighted by molar-refractivity contribution is 7.44. The van der Waals surface area contributed by atoms with Crippen molar-refractivity contribution < 1.29 is 23.3 Å². The van der Waals surface area contributed by atoms with Crippen LogP contribution >= 0.6 is 7.75 Å². The monoisotopic (exact) mass is 268 g/mol. The highest BCUT2D eigenvalue weighted by atomic mass is 31.2. The van der Waals surface area contributed by atoms with E-state index in [-0.39, 0.29) is 0 Å². The molecule has 0 aliphatic rings. The van der Waals surface area contributed by atoms with Crippen LogP contribution in [0.4, 0.5) is 0 Å². The van der Waals surface area contributed by atoms with Gasteiger partial charge >= 0.3 is 13.4 Å². The summed E-state index contributed by atoms with van der Waals surface area (Å²) in [6.07, 6.45) is 8.89. The van der Waals surface area contributed by atoms with Gasteiger partial charge in [-0.15, -0.1) is 4.34 Å². The third-order valence-electron chi connectivity index (χ3n) is 2.46. The minimum atomic E-state index is -4.42. The molecule has 0 aromatic carbocycles. The Bertz CT molecular complexity index is 614. The van der Waals surface area contributed by atoms with Crippen molar-refractivity contribution in [1.29, 1.82) is 0 Å². The van der Waals surface area contributed by atoms with Crippen LogP contribution < -0.4 is 8.90 Å². The number of aryl methyl sites for hydroxylation is 1. The fourth-order valence-corrected chi connectivity index (χ4v) is 2.31. The summed E-state index contributed by atoms with van der Waals surface area (Å²) in [6, 6.07) is 0. The van der Waals surface area contributed by atoms with Gasteiger partial charge in [-0.2, -0.15) is 9.13 Å². The summed E-state index contributed by atoms with van der Waals surface area (Å²) < 4.78 is 14.1. The van der Waals surface area contributed by atoms with Crippen molar-refractivity contribution in [1.82, 2.24) is 9.97 Å². The lowest BCUT2D eigenvalue weighted by atomic mass is 10.3. The van der Waals surface area contributed by atoms with E-state index in [1.165, 1.54) is 18.6 Å². The van der Waals surface area contributed by atoms with E-state index in [0.29, 0.717) is 17.9 Å². The summed E-state index contributed by atoms with van der Waals surface area (Å²) in [5, 5.41) is 0. The molecule has 2 aromatic rings. The first-order chi connectivity index (χ1) is 8.54. The van der Waals surface area contributed by atoms with Crippen LogP contribution in [0.5, 0.6) is 0 Å². The largest absolute Gasteiger partial charge is 0.608 e. The maximum absolute atomic E-state index is 11.4. The summed E-state index contributed by atoms with van der Waals surface area (Å²) in [4.78, 5) is 26.5. The van der Waals surface area contributed by atoms with Crippen LogP contribution in [0, 0.1) is 0 Å². The van der Waals surface area contributed by atoms with E-state index >= 15 is 0 Å². The Balaban J connectivity index is 2.68. The molecule has 0 atom stereocenters. The van der Waals surface area contributed by atoms with Gasteiger partial charge in [-0.1, -0.05) is 0 Å². The van der Waals surface area contributed by atoms with Gasteiger partial charge in [-0.25, -0.2) is 0 Å². The molecule has 0 bridgehead atoms. The van der Waals surface area contributed by atoms with Crippen LogP contribution in [-0.4, -0.2) is 19.8 Å². The normalized spacial score (nSPS) is 11.5. The fourth-order valence-electron chi connectivity index (χ4n) is 1.64. The van der Waals surface area contributed by atoms with Gasteiger partial charge in [-0.3, -0.25) is 19.8 Å². The number of hydrogen-bond acceptors (Lipinski definition) is 3. The third kappa shape index (κ3) is 2.43.